The van der Waals surface area contributed by atoms with Gasteiger partial charge in [0.2, 0.25) is 0 Å². The molecule has 1 heterocycles. The van der Waals surface area contributed by atoms with E-state index in [-0.39, 0.29) is 23.6 Å². The van der Waals surface area contributed by atoms with E-state index >= 15 is 0 Å². The predicted octanol–water partition coefficient (Wildman–Crippen LogP) is 4.25. The summed E-state index contributed by atoms with van der Waals surface area (Å²) in [5.41, 5.74) is 2.84. The minimum Gasteiger partial charge on any atom is -0.497 e. The Morgan fingerprint density at radius 1 is 1.10 bits per heavy atom. The minimum atomic E-state index is -0.366. The van der Waals surface area contributed by atoms with Crippen molar-refractivity contribution < 1.29 is 18.7 Å². The highest BCUT2D eigenvalue weighted by Gasteiger charge is 2.24. The number of aryl methyl sites for hydroxylation is 1. The molecule has 0 saturated heterocycles. The minimum absolute atomic E-state index is 0.129. The zero-order valence-corrected chi connectivity index (χ0v) is 17.3. The van der Waals surface area contributed by atoms with E-state index in [0.717, 1.165) is 30.6 Å². The zero-order chi connectivity index (χ0) is 21.6. The second-order valence-corrected chi connectivity index (χ2v) is 7.38. The number of nitrogens with one attached hydrogen (secondary N) is 2. The maximum absolute atomic E-state index is 13.2. The molecule has 2 amide bonds. The summed E-state index contributed by atoms with van der Waals surface area (Å²) in [5.74, 6) is 0.559. The normalized spacial score (nSPS) is 15.6. The van der Waals surface area contributed by atoms with E-state index in [1.165, 1.54) is 17.9 Å². The molecule has 0 spiro atoms. The third-order valence-electron chi connectivity index (χ3n) is 5.33. The van der Waals surface area contributed by atoms with Gasteiger partial charge in [-0.15, -0.1) is 0 Å². The summed E-state index contributed by atoms with van der Waals surface area (Å²) in [4.78, 5) is 25.8. The summed E-state index contributed by atoms with van der Waals surface area (Å²) < 4.78 is 10.7. The number of amides is 2. The maximum Gasteiger partial charge on any atom is 0.268 e. The van der Waals surface area contributed by atoms with Crippen molar-refractivity contribution in [2.45, 2.75) is 25.3 Å². The third kappa shape index (κ3) is 4.86. The first-order valence-corrected chi connectivity index (χ1v) is 10.2. The fourth-order valence-electron chi connectivity index (χ4n) is 3.76. The van der Waals surface area contributed by atoms with Crippen molar-refractivity contribution >= 4 is 17.9 Å². The molecule has 0 radical (unpaired) electrons. The number of ether oxygens (including phenoxy) is 1. The Morgan fingerprint density at radius 3 is 2.68 bits per heavy atom. The molecule has 6 heteroatoms. The van der Waals surface area contributed by atoms with Gasteiger partial charge in [-0.25, -0.2) is 0 Å². The van der Waals surface area contributed by atoms with Crippen molar-refractivity contribution in [3.8, 4) is 5.75 Å². The summed E-state index contributed by atoms with van der Waals surface area (Å²) in [6.07, 6.45) is 5.78. The number of benzene rings is 2. The van der Waals surface area contributed by atoms with Crippen LogP contribution in [-0.2, 0) is 11.2 Å². The first-order valence-electron chi connectivity index (χ1n) is 10.2. The lowest BCUT2D eigenvalue weighted by molar-refractivity contribution is -0.118. The van der Waals surface area contributed by atoms with Gasteiger partial charge in [-0.3, -0.25) is 9.59 Å². The summed E-state index contributed by atoms with van der Waals surface area (Å²) in [6.45, 7) is 0. The van der Waals surface area contributed by atoms with Crippen LogP contribution < -0.4 is 15.4 Å². The van der Waals surface area contributed by atoms with Gasteiger partial charge in [0.1, 0.15) is 17.2 Å². The lowest BCUT2D eigenvalue weighted by atomic mass is 9.87. The molecule has 1 aromatic heterocycles. The summed E-state index contributed by atoms with van der Waals surface area (Å²) in [7, 11) is 1.64. The van der Waals surface area contributed by atoms with Crippen LogP contribution in [-0.4, -0.2) is 18.9 Å². The molecule has 0 unspecified atom stereocenters. The number of carbonyl (C=O) groups is 2. The second-order valence-electron chi connectivity index (χ2n) is 7.38. The van der Waals surface area contributed by atoms with Gasteiger partial charge in [0.05, 0.1) is 19.4 Å². The first kappa shape index (κ1) is 20.5. The van der Waals surface area contributed by atoms with Crippen molar-refractivity contribution in [2.24, 2.45) is 0 Å². The lowest BCUT2D eigenvalue weighted by Crippen LogP contribution is -2.37. The average molecular weight is 416 g/mol. The number of methoxy groups -OCH3 is 1. The molecule has 2 aromatic carbocycles. The van der Waals surface area contributed by atoms with Crippen LogP contribution in [0.2, 0.25) is 0 Å². The molecule has 1 aliphatic carbocycles. The lowest BCUT2D eigenvalue weighted by Gasteiger charge is -2.27. The van der Waals surface area contributed by atoms with E-state index in [0.29, 0.717) is 11.3 Å². The van der Waals surface area contributed by atoms with E-state index in [4.69, 9.17) is 9.15 Å². The van der Waals surface area contributed by atoms with Crippen LogP contribution >= 0.6 is 0 Å². The van der Waals surface area contributed by atoms with E-state index < -0.39 is 0 Å². The quantitative estimate of drug-likeness (QED) is 0.589. The number of fused-ring (bicyclic) bond motifs is 1. The zero-order valence-electron chi connectivity index (χ0n) is 17.3. The van der Waals surface area contributed by atoms with Crippen molar-refractivity contribution in [1.82, 2.24) is 10.6 Å². The van der Waals surface area contributed by atoms with Crippen molar-refractivity contribution in [3.05, 3.63) is 95.1 Å². The molecular weight excluding hydrogens is 392 g/mol. The average Bonchev–Trinajstić information content (AvgIpc) is 3.32. The van der Waals surface area contributed by atoms with Gasteiger partial charge < -0.3 is 19.8 Å². The summed E-state index contributed by atoms with van der Waals surface area (Å²) >= 11 is 0. The standard InChI is InChI=1S/C25H24N2O4/c1-30-19-12-13-21-18(15-19)9-5-11-22(21)26-25(29)23(16-20-10-6-14-31-20)27-24(28)17-7-3-2-4-8-17/h2-4,6-8,10,12-16,22H,5,9,11H2,1H3,(H,26,29)(H,27,28)/b23-16-/t22-/m0/s1. The van der Waals surface area contributed by atoms with Crippen LogP contribution in [0.4, 0.5) is 0 Å². The fourth-order valence-corrected chi connectivity index (χ4v) is 3.76. The molecule has 1 aliphatic rings. The van der Waals surface area contributed by atoms with Gasteiger partial charge in [-0.1, -0.05) is 24.3 Å². The molecule has 4 rings (SSSR count). The molecule has 3 aromatic rings. The number of furan rings is 1. The number of carbonyl (C=O) groups excluding carboxylic acids is 2. The SMILES string of the molecule is COc1ccc2c(c1)CCC[C@@H]2NC(=O)/C(=C/c1ccco1)NC(=O)c1ccccc1. The van der Waals surface area contributed by atoms with Crippen LogP contribution in [0.1, 0.15) is 46.1 Å². The van der Waals surface area contributed by atoms with Crippen molar-refractivity contribution in [1.29, 1.82) is 0 Å². The molecule has 0 bridgehead atoms. The molecule has 0 aliphatic heterocycles. The van der Waals surface area contributed by atoms with Gasteiger partial charge in [-0.2, -0.15) is 0 Å². The summed E-state index contributed by atoms with van der Waals surface area (Å²) in [6, 6.07) is 18.0. The number of hydrogen-bond donors (Lipinski definition) is 2. The molecule has 2 N–H and O–H groups in total. The number of hydrogen-bond acceptors (Lipinski definition) is 4. The highest BCUT2D eigenvalue weighted by Crippen LogP contribution is 2.32. The Morgan fingerprint density at radius 2 is 1.94 bits per heavy atom. The Kier molecular flexibility index (Phi) is 6.17. The monoisotopic (exact) mass is 416 g/mol. The smallest absolute Gasteiger partial charge is 0.268 e. The second kappa shape index (κ2) is 9.34. The Balaban J connectivity index is 1.56. The van der Waals surface area contributed by atoms with E-state index in [1.807, 2.05) is 24.3 Å². The van der Waals surface area contributed by atoms with E-state index in [1.54, 1.807) is 43.5 Å². The van der Waals surface area contributed by atoms with Crippen molar-refractivity contribution in [2.75, 3.05) is 7.11 Å². The molecular formula is C25H24N2O4. The molecule has 1 atom stereocenters. The molecule has 158 valence electrons. The molecule has 0 fully saturated rings. The van der Waals surface area contributed by atoms with Crippen LogP contribution in [0.25, 0.3) is 6.08 Å². The topological polar surface area (TPSA) is 80.6 Å². The van der Waals surface area contributed by atoms with Gasteiger partial charge in [0, 0.05) is 11.6 Å². The highest BCUT2D eigenvalue weighted by molar-refractivity contribution is 6.05. The Labute approximate surface area is 180 Å². The predicted molar refractivity (Wildman–Crippen MR) is 117 cm³/mol. The van der Waals surface area contributed by atoms with Crippen LogP contribution in [0.15, 0.2) is 77.0 Å². The maximum atomic E-state index is 13.2. The molecule has 0 saturated carbocycles. The van der Waals surface area contributed by atoms with Crippen LogP contribution in [0, 0.1) is 0 Å². The Bertz CT molecular complexity index is 1090. The first-order chi connectivity index (χ1) is 15.1. The van der Waals surface area contributed by atoms with Crippen LogP contribution in [0.5, 0.6) is 5.75 Å². The van der Waals surface area contributed by atoms with Crippen molar-refractivity contribution in [3.63, 3.8) is 0 Å². The van der Waals surface area contributed by atoms with E-state index in [9.17, 15) is 9.59 Å². The summed E-state index contributed by atoms with van der Waals surface area (Å²) in [5, 5.41) is 5.81. The highest BCUT2D eigenvalue weighted by atomic mass is 16.5. The molecule has 6 nitrogen and oxygen atoms in total. The van der Waals surface area contributed by atoms with Gasteiger partial charge in [0.25, 0.3) is 11.8 Å². The van der Waals surface area contributed by atoms with Gasteiger partial charge in [-0.05, 0) is 66.8 Å². The van der Waals surface area contributed by atoms with Crippen LogP contribution in [0.3, 0.4) is 0 Å². The van der Waals surface area contributed by atoms with Gasteiger partial charge in [0.15, 0.2) is 0 Å². The fraction of sp³-hybridized carbons (Fsp3) is 0.200. The van der Waals surface area contributed by atoms with E-state index in [2.05, 4.69) is 10.6 Å². The van der Waals surface area contributed by atoms with Gasteiger partial charge >= 0.3 is 0 Å². The largest absolute Gasteiger partial charge is 0.497 e. The Hall–Kier alpha value is -3.80. The molecule has 31 heavy (non-hydrogen) atoms. The third-order valence-corrected chi connectivity index (χ3v) is 5.33. The number of rotatable bonds is 6.